The lowest BCUT2D eigenvalue weighted by molar-refractivity contribution is -0.134. The molecule has 0 aromatic heterocycles. The molecule has 148 valence electrons. The molecule has 0 unspecified atom stereocenters. The lowest BCUT2D eigenvalue weighted by Crippen LogP contribution is -2.42. The fourth-order valence-corrected chi connectivity index (χ4v) is 3.89. The summed E-state index contributed by atoms with van der Waals surface area (Å²) in [6.45, 7) is 1.99. The van der Waals surface area contributed by atoms with Crippen LogP contribution < -0.4 is 15.2 Å². The van der Waals surface area contributed by atoms with Gasteiger partial charge in [-0.2, -0.15) is 0 Å². The number of fused-ring (bicyclic) bond motifs is 3. The summed E-state index contributed by atoms with van der Waals surface area (Å²) in [5, 5.41) is 0. The molecule has 0 saturated carbocycles. The van der Waals surface area contributed by atoms with Gasteiger partial charge in [-0.15, -0.1) is 0 Å². The van der Waals surface area contributed by atoms with Crippen LogP contribution in [-0.4, -0.2) is 68.1 Å². The summed E-state index contributed by atoms with van der Waals surface area (Å²) in [5.41, 5.74) is 6.01. The number of ether oxygens (including phenoxy) is 2. The molecule has 2 N–H and O–H groups in total. The zero-order valence-corrected chi connectivity index (χ0v) is 16.1. The van der Waals surface area contributed by atoms with Crippen LogP contribution >= 0.6 is 0 Å². The molecular weight excluding hydrogens is 346 g/mol. The van der Waals surface area contributed by atoms with Crippen LogP contribution in [0.25, 0.3) is 0 Å². The van der Waals surface area contributed by atoms with Crippen molar-refractivity contribution in [2.45, 2.75) is 31.7 Å². The summed E-state index contributed by atoms with van der Waals surface area (Å²) in [5.74, 6) is 1.05. The van der Waals surface area contributed by atoms with Gasteiger partial charge in [0.15, 0.2) is 0 Å². The van der Waals surface area contributed by atoms with E-state index in [1.165, 1.54) is 0 Å². The summed E-state index contributed by atoms with van der Waals surface area (Å²) >= 11 is 0. The first-order valence-corrected chi connectivity index (χ1v) is 9.62. The molecular formula is C20H29N3O4. The van der Waals surface area contributed by atoms with Crippen molar-refractivity contribution < 1.29 is 19.1 Å². The molecule has 2 fully saturated rings. The van der Waals surface area contributed by atoms with Crippen LogP contribution in [0.4, 0.5) is 0 Å². The largest absolute Gasteiger partial charge is 0.497 e. The van der Waals surface area contributed by atoms with E-state index in [0.717, 1.165) is 19.3 Å². The zero-order valence-electron chi connectivity index (χ0n) is 16.1. The maximum Gasteiger partial charge on any atom is 0.257 e. The van der Waals surface area contributed by atoms with E-state index in [1.54, 1.807) is 30.2 Å². The number of likely N-dealkylation sites (N-methyl/N-ethyl adjacent to an activating group) is 1. The third-order valence-corrected chi connectivity index (χ3v) is 5.52. The smallest absolute Gasteiger partial charge is 0.257 e. The molecule has 0 radical (unpaired) electrons. The minimum absolute atomic E-state index is 0.0705. The van der Waals surface area contributed by atoms with Crippen LogP contribution in [0.15, 0.2) is 18.2 Å². The van der Waals surface area contributed by atoms with Gasteiger partial charge in [-0.3, -0.25) is 9.59 Å². The summed E-state index contributed by atoms with van der Waals surface area (Å²) < 4.78 is 11.1. The van der Waals surface area contributed by atoms with Gasteiger partial charge in [0.2, 0.25) is 5.91 Å². The van der Waals surface area contributed by atoms with Crippen LogP contribution in [-0.2, 0) is 4.79 Å². The first-order chi connectivity index (χ1) is 13.0. The number of hydrogen-bond acceptors (Lipinski definition) is 5. The van der Waals surface area contributed by atoms with E-state index in [1.807, 2.05) is 11.9 Å². The normalized spacial score (nSPS) is 22.4. The number of methoxy groups -OCH3 is 1. The Morgan fingerprint density at radius 1 is 1.30 bits per heavy atom. The van der Waals surface area contributed by atoms with Gasteiger partial charge in [0.05, 0.1) is 25.2 Å². The molecule has 1 aromatic rings. The molecule has 0 spiro atoms. The van der Waals surface area contributed by atoms with Gasteiger partial charge in [0.25, 0.3) is 5.91 Å². The number of benzene rings is 1. The highest BCUT2D eigenvalue weighted by atomic mass is 16.5. The molecule has 2 saturated heterocycles. The maximum atomic E-state index is 13.4. The number of amides is 2. The van der Waals surface area contributed by atoms with Gasteiger partial charge in [0, 0.05) is 26.2 Å². The van der Waals surface area contributed by atoms with Crippen molar-refractivity contribution in [1.29, 1.82) is 0 Å². The van der Waals surface area contributed by atoms with Crippen molar-refractivity contribution >= 4 is 11.8 Å². The fourth-order valence-electron chi connectivity index (χ4n) is 3.89. The first kappa shape index (κ1) is 19.5. The predicted molar refractivity (Wildman–Crippen MR) is 102 cm³/mol. The number of carbonyl (C=O) groups is 2. The summed E-state index contributed by atoms with van der Waals surface area (Å²) in [4.78, 5) is 29.6. The molecule has 2 atom stereocenters. The molecule has 2 heterocycles. The lowest BCUT2D eigenvalue weighted by atomic mass is 9.98. The number of nitrogens with two attached hydrogens (primary N) is 1. The van der Waals surface area contributed by atoms with E-state index >= 15 is 0 Å². The standard InChI is InChI=1S/C20H29N3O4/c1-22-15-6-3-5-14(19(22)24)12-23(13-15)20(25)17-11-16(26-2)7-8-18(17)27-10-4-9-21/h7-8,11,14-15H,3-6,9-10,12-13,21H2,1-2H3/t14-,15+/m0/s1. The minimum Gasteiger partial charge on any atom is -0.497 e. The molecule has 2 aliphatic heterocycles. The lowest BCUT2D eigenvalue weighted by Gasteiger charge is -2.30. The Morgan fingerprint density at radius 2 is 2.11 bits per heavy atom. The average molecular weight is 375 g/mol. The third kappa shape index (κ3) is 4.18. The van der Waals surface area contributed by atoms with E-state index in [4.69, 9.17) is 15.2 Å². The predicted octanol–water partition coefficient (Wildman–Crippen LogP) is 1.51. The molecule has 2 aliphatic rings. The van der Waals surface area contributed by atoms with Crippen LogP contribution in [0.3, 0.4) is 0 Å². The van der Waals surface area contributed by atoms with Crippen LogP contribution in [0.1, 0.15) is 36.0 Å². The number of likely N-dealkylation sites (tertiary alicyclic amines) is 1. The summed E-state index contributed by atoms with van der Waals surface area (Å²) in [6.07, 6.45) is 3.51. The quantitative estimate of drug-likeness (QED) is 0.762. The van der Waals surface area contributed by atoms with Gasteiger partial charge in [-0.25, -0.2) is 0 Å². The number of nitrogens with zero attached hydrogens (tertiary/aromatic N) is 2. The second kappa shape index (κ2) is 8.61. The highest BCUT2D eigenvalue weighted by molar-refractivity contribution is 5.98. The Bertz CT molecular complexity index is 694. The van der Waals surface area contributed by atoms with E-state index in [0.29, 0.717) is 49.7 Å². The molecule has 7 nitrogen and oxygen atoms in total. The molecule has 3 rings (SSSR count). The van der Waals surface area contributed by atoms with E-state index in [9.17, 15) is 9.59 Å². The Labute approximate surface area is 160 Å². The second-order valence-corrected chi connectivity index (χ2v) is 7.29. The first-order valence-electron chi connectivity index (χ1n) is 9.62. The Kier molecular flexibility index (Phi) is 6.21. The minimum atomic E-state index is -0.126. The van der Waals surface area contributed by atoms with Gasteiger partial charge < -0.3 is 25.0 Å². The molecule has 2 bridgehead atoms. The molecule has 1 aromatic carbocycles. The van der Waals surface area contributed by atoms with Gasteiger partial charge in [-0.1, -0.05) is 6.42 Å². The monoisotopic (exact) mass is 375 g/mol. The third-order valence-electron chi connectivity index (χ3n) is 5.52. The fraction of sp³-hybridized carbons (Fsp3) is 0.600. The van der Waals surface area contributed by atoms with Crippen LogP contribution in [0.5, 0.6) is 11.5 Å². The molecule has 2 amide bonds. The zero-order chi connectivity index (χ0) is 19.4. The highest BCUT2D eigenvalue weighted by Crippen LogP contribution is 2.30. The average Bonchev–Trinajstić information content (AvgIpc) is 2.86. The number of hydrogen-bond donors (Lipinski definition) is 1. The van der Waals surface area contributed by atoms with Crippen LogP contribution in [0.2, 0.25) is 0 Å². The van der Waals surface area contributed by atoms with Crippen molar-refractivity contribution in [2.75, 3.05) is 40.4 Å². The molecule has 7 heteroatoms. The van der Waals surface area contributed by atoms with E-state index < -0.39 is 0 Å². The second-order valence-electron chi connectivity index (χ2n) is 7.29. The van der Waals surface area contributed by atoms with Crippen molar-refractivity contribution in [3.05, 3.63) is 23.8 Å². The van der Waals surface area contributed by atoms with Crippen molar-refractivity contribution in [3.63, 3.8) is 0 Å². The van der Waals surface area contributed by atoms with Crippen molar-refractivity contribution in [2.24, 2.45) is 11.7 Å². The van der Waals surface area contributed by atoms with Crippen molar-refractivity contribution in [1.82, 2.24) is 9.80 Å². The number of carbonyl (C=O) groups excluding carboxylic acids is 2. The maximum absolute atomic E-state index is 13.4. The SMILES string of the molecule is COc1ccc(OCCCN)c(C(=O)N2C[C@@H]3CCC[C@H](C2)N(C)C3=O)c1. The van der Waals surface area contributed by atoms with E-state index in [-0.39, 0.29) is 23.8 Å². The number of rotatable bonds is 6. The van der Waals surface area contributed by atoms with Crippen LogP contribution in [0, 0.1) is 5.92 Å². The van der Waals surface area contributed by atoms with Gasteiger partial charge >= 0.3 is 0 Å². The molecule has 0 aliphatic carbocycles. The van der Waals surface area contributed by atoms with Crippen molar-refractivity contribution in [3.8, 4) is 11.5 Å². The summed E-state index contributed by atoms with van der Waals surface area (Å²) in [6, 6.07) is 5.33. The van der Waals surface area contributed by atoms with Gasteiger partial charge in [0.1, 0.15) is 11.5 Å². The topological polar surface area (TPSA) is 85.1 Å². The van der Waals surface area contributed by atoms with Gasteiger partial charge in [-0.05, 0) is 44.0 Å². The Balaban J connectivity index is 1.86. The Morgan fingerprint density at radius 3 is 2.85 bits per heavy atom. The van der Waals surface area contributed by atoms with E-state index in [2.05, 4.69) is 0 Å². The highest BCUT2D eigenvalue weighted by Gasteiger charge is 2.38. The summed E-state index contributed by atoms with van der Waals surface area (Å²) in [7, 11) is 3.43. The Hall–Kier alpha value is -2.28. The molecule has 27 heavy (non-hydrogen) atoms.